The van der Waals surface area contributed by atoms with Crippen LogP contribution in [0.25, 0.3) is 0 Å². The molecular weight excluding hydrogens is 336 g/mol. The summed E-state index contributed by atoms with van der Waals surface area (Å²) < 4.78 is 0. The zero-order valence-corrected chi connectivity index (χ0v) is 16.7. The van der Waals surface area contributed by atoms with E-state index < -0.39 is 41.9 Å². The molecule has 0 aromatic rings. The van der Waals surface area contributed by atoms with E-state index in [1.807, 2.05) is 27.7 Å². The second kappa shape index (κ2) is 11.6. The molecule has 0 radical (unpaired) electrons. The van der Waals surface area contributed by atoms with Crippen molar-refractivity contribution in [1.29, 1.82) is 0 Å². The minimum Gasteiger partial charge on any atom is -0.345 e. The van der Waals surface area contributed by atoms with Gasteiger partial charge >= 0.3 is 0 Å². The average Bonchev–Trinajstić information content (AvgIpc) is 2.58. The largest absolute Gasteiger partial charge is 0.345 e. The third kappa shape index (κ3) is 8.42. The van der Waals surface area contributed by atoms with Crippen molar-refractivity contribution in [3.05, 3.63) is 0 Å². The second-order valence-corrected chi connectivity index (χ2v) is 7.25. The summed E-state index contributed by atoms with van der Waals surface area (Å²) >= 11 is 0. The van der Waals surface area contributed by atoms with Crippen molar-refractivity contribution < 1.29 is 19.2 Å². The van der Waals surface area contributed by atoms with E-state index >= 15 is 0 Å². The summed E-state index contributed by atoms with van der Waals surface area (Å²) in [7, 11) is 0. The molecule has 0 saturated carbocycles. The summed E-state index contributed by atoms with van der Waals surface area (Å²) in [5.74, 6) is -1.11. The fourth-order valence-corrected chi connectivity index (χ4v) is 2.26. The molecule has 8 heteroatoms. The quantitative estimate of drug-likeness (QED) is 0.383. The summed E-state index contributed by atoms with van der Waals surface area (Å²) in [6.45, 7) is 10.7. The second-order valence-electron chi connectivity index (χ2n) is 7.25. The molecule has 0 bridgehead atoms. The third-order valence-electron chi connectivity index (χ3n) is 4.28. The van der Waals surface area contributed by atoms with Crippen molar-refractivity contribution in [2.75, 3.05) is 0 Å². The summed E-state index contributed by atoms with van der Waals surface area (Å²) in [6.07, 6.45) is 1.96. The highest BCUT2D eigenvalue weighted by atomic mass is 16.2. The molecule has 5 atom stereocenters. The van der Waals surface area contributed by atoms with E-state index in [4.69, 9.17) is 5.73 Å². The van der Waals surface area contributed by atoms with E-state index in [0.29, 0.717) is 12.7 Å². The average molecular weight is 370 g/mol. The number of amides is 3. The lowest BCUT2D eigenvalue weighted by Crippen LogP contribution is -2.55. The molecule has 5 N–H and O–H groups in total. The summed E-state index contributed by atoms with van der Waals surface area (Å²) in [5.41, 5.74) is 5.84. The number of hydrogen-bond acceptors (Lipinski definition) is 5. The smallest absolute Gasteiger partial charge is 0.242 e. The fraction of sp³-hybridized carbons (Fsp3) is 0.778. The lowest BCUT2D eigenvalue weighted by molar-refractivity contribution is -0.132. The Morgan fingerprint density at radius 1 is 0.885 bits per heavy atom. The number of nitrogens with one attached hydrogen (secondary N) is 3. The Bertz CT molecular complexity index is 496. The van der Waals surface area contributed by atoms with Crippen LogP contribution in [-0.2, 0) is 19.2 Å². The Kier molecular flexibility index (Phi) is 10.7. The number of rotatable bonds is 11. The first-order chi connectivity index (χ1) is 12.0. The van der Waals surface area contributed by atoms with E-state index in [9.17, 15) is 19.2 Å². The standard InChI is InChI=1S/C18H34N4O4/c1-7-11(4)15(19)18(26)21-12(5)16(24)20-13(6)17(25)22-14(9-23)8-10(2)3/h9-15H,7-8,19H2,1-6H3,(H,20,24)(H,21,26)(H,22,25)/t11-,12-,13-,14-,15-/m0/s1. The van der Waals surface area contributed by atoms with Gasteiger partial charge in [-0.05, 0) is 32.1 Å². The molecule has 0 aliphatic rings. The van der Waals surface area contributed by atoms with Crippen LogP contribution in [0.4, 0.5) is 0 Å². The Morgan fingerprint density at radius 2 is 1.35 bits per heavy atom. The molecule has 8 nitrogen and oxygen atoms in total. The normalized spacial score (nSPS) is 16.8. The Morgan fingerprint density at radius 3 is 1.77 bits per heavy atom. The highest BCUT2D eigenvalue weighted by molar-refractivity contribution is 5.93. The van der Waals surface area contributed by atoms with E-state index in [1.165, 1.54) is 13.8 Å². The summed E-state index contributed by atoms with van der Waals surface area (Å²) in [4.78, 5) is 47.4. The van der Waals surface area contributed by atoms with Crippen molar-refractivity contribution >= 4 is 24.0 Å². The third-order valence-corrected chi connectivity index (χ3v) is 4.28. The molecule has 0 spiro atoms. The van der Waals surface area contributed by atoms with Crippen LogP contribution in [0.3, 0.4) is 0 Å². The van der Waals surface area contributed by atoms with Crippen molar-refractivity contribution in [2.45, 2.75) is 78.6 Å². The van der Waals surface area contributed by atoms with Crippen molar-refractivity contribution in [1.82, 2.24) is 16.0 Å². The van der Waals surface area contributed by atoms with E-state index in [2.05, 4.69) is 16.0 Å². The number of aldehydes is 1. The lowest BCUT2D eigenvalue weighted by atomic mass is 9.99. The number of nitrogens with two attached hydrogens (primary N) is 1. The molecule has 0 aliphatic heterocycles. The first-order valence-electron chi connectivity index (χ1n) is 9.15. The van der Waals surface area contributed by atoms with Crippen LogP contribution in [0.15, 0.2) is 0 Å². The van der Waals surface area contributed by atoms with E-state index in [0.717, 1.165) is 6.42 Å². The van der Waals surface area contributed by atoms with Gasteiger partial charge in [-0.15, -0.1) is 0 Å². The lowest BCUT2D eigenvalue weighted by Gasteiger charge is -2.23. The van der Waals surface area contributed by atoms with Gasteiger partial charge in [0.1, 0.15) is 18.4 Å². The minimum absolute atomic E-state index is 0.00352. The SMILES string of the molecule is CC[C@H](C)[C@H](N)C(=O)N[C@@H](C)C(=O)N[C@@H](C)C(=O)N[C@H](C=O)CC(C)C. The van der Waals surface area contributed by atoms with E-state index in [1.54, 1.807) is 0 Å². The summed E-state index contributed by atoms with van der Waals surface area (Å²) in [5, 5.41) is 7.67. The number of carbonyl (C=O) groups is 4. The Balaban J connectivity index is 4.57. The maximum absolute atomic E-state index is 12.2. The molecule has 3 amide bonds. The molecule has 0 rings (SSSR count). The monoisotopic (exact) mass is 370 g/mol. The molecule has 0 heterocycles. The van der Waals surface area contributed by atoms with Gasteiger partial charge in [-0.25, -0.2) is 0 Å². The first kappa shape index (κ1) is 24.0. The zero-order chi connectivity index (χ0) is 20.4. The van der Waals surface area contributed by atoms with Crippen LogP contribution in [0.1, 0.15) is 54.4 Å². The molecule has 0 saturated heterocycles. The molecule has 0 aromatic heterocycles. The van der Waals surface area contributed by atoms with Gasteiger partial charge in [0.15, 0.2) is 0 Å². The number of hydrogen-bond donors (Lipinski definition) is 4. The van der Waals surface area contributed by atoms with Crippen molar-refractivity contribution in [3.8, 4) is 0 Å². The highest BCUT2D eigenvalue weighted by Gasteiger charge is 2.25. The maximum Gasteiger partial charge on any atom is 0.242 e. The van der Waals surface area contributed by atoms with Crippen LogP contribution in [0, 0.1) is 11.8 Å². The van der Waals surface area contributed by atoms with Crippen molar-refractivity contribution in [2.24, 2.45) is 17.6 Å². The van der Waals surface area contributed by atoms with Crippen LogP contribution in [0.5, 0.6) is 0 Å². The van der Waals surface area contributed by atoms with Gasteiger partial charge in [-0.1, -0.05) is 34.1 Å². The van der Waals surface area contributed by atoms with Gasteiger partial charge in [-0.3, -0.25) is 14.4 Å². The number of carbonyl (C=O) groups excluding carboxylic acids is 4. The Labute approximate surface area is 156 Å². The first-order valence-corrected chi connectivity index (χ1v) is 9.15. The van der Waals surface area contributed by atoms with Gasteiger partial charge in [-0.2, -0.15) is 0 Å². The Hall–Kier alpha value is -1.96. The van der Waals surface area contributed by atoms with Gasteiger partial charge < -0.3 is 26.5 Å². The van der Waals surface area contributed by atoms with Crippen LogP contribution >= 0.6 is 0 Å². The van der Waals surface area contributed by atoms with Crippen molar-refractivity contribution in [3.63, 3.8) is 0 Å². The van der Waals surface area contributed by atoms with Gasteiger partial charge in [0.2, 0.25) is 17.7 Å². The summed E-state index contributed by atoms with van der Waals surface area (Å²) in [6, 6.07) is -2.95. The molecule has 0 fully saturated rings. The fourth-order valence-electron chi connectivity index (χ4n) is 2.26. The molecule has 0 unspecified atom stereocenters. The molecule has 0 aromatic carbocycles. The van der Waals surface area contributed by atoms with Crippen LogP contribution < -0.4 is 21.7 Å². The van der Waals surface area contributed by atoms with Crippen LogP contribution in [-0.4, -0.2) is 48.2 Å². The molecule has 26 heavy (non-hydrogen) atoms. The minimum atomic E-state index is -0.834. The molecule has 150 valence electrons. The zero-order valence-electron chi connectivity index (χ0n) is 16.7. The highest BCUT2D eigenvalue weighted by Crippen LogP contribution is 2.05. The maximum atomic E-state index is 12.2. The van der Waals surface area contributed by atoms with Gasteiger partial charge in [0.05, 0.1) is 12.1 Å². The topological polar surface area (TPSA) is 130 Å². The van der Waals surface area contributed by atoms with Gasteiger partial charge in [0.25, 0.3) is 0 Å². The molecular formula is C18H34N4O4. The van der Waals surface area contributed by atoms with E-state index in [-0.39, 0.29) is 11.8 Å². The van der Waals surface area contributed by atoms with Gasteiger partial charge in [0, 0.05) is 0 Å². The predicted octanol–water partition coefficient (Wildman–Crippen LogP) is 0.0990. The predicted molar refractivity (Wildman–Crippen MR) is 100 cm³/mol. The molecule has 0 aliphatic carbocycles. The van der Waals surface area contributed by atoms with Crippen LogP contribution in [0.2, 0.25) is 0 Å².